The van der Waals surface area contributed by atoms with Gasteiger partial charge in [0.1, 0.15) is 11.9 Å². The Kier molecular flexibility index (Phi) is 8.48. The van der Waals surface area contributed by atoms with Crippen LogP contribution >= 0.6 is 0 Å². The van der Waals surface area contributed by atoms with Crippen LogP contribution in [0.4, 0.5) is 9.18 Å². The van der Waals surface area contributed by atoms with Crippen LogP contribution in [0.5, 0.6) is 5.88 Å². The van der Waals surface area contributed by atoms with Gasteiger partial charge in [-0.15, -0.1) is 0 Å². The summed E-state index contributed by atoms with van der Waals surface area (Å²) in [5.74, 6) is -1.35. The predicted octanol–water partition coefficient (Wildman–Crippen LogP) is 5.04. The highest BCUT2D eigenvalue weighted by atomic mass is 32.2. The molecule has 1 heterocycles. The number of hydrogen-bond acceptors (Lipinski definition) is 8. The molecule has 44 heavy (non-hydrogen) atoms. The van der Waals surface area contributed by atoms with Gasteiger partial charge >= 0.3 is 6.16 Å². The molecule has 3 atom stereocenters. The zero-order valence-corrected chi connectivity index (χ0v) is 25.4. The zero-order chi connectivity index (χ0) is 31.7. The molecule has 2 saturated carbocycles. The van der Waals surface area contributed by atoms with E-state index in [9.17, 15) is 27.2 Å². The minimum atomic E-state index is -4.24. The number of fused-ring (bicyclic) bond motifs is 2. The number of benzene rings is 2. The minimum Gasteiger partial charge on any atom is -0.429 e. The third-order valence-electron chi connectivity index (χ3n) is 8.78. The second-order valence-corrected chi connectivity index (χ2v) is 13.9. The molecule has 3 aromatic rings. The Morgan fingerprint density at radius 2 is 1.73 bits per heavy atom. The second-order valence-electron chi connectivity index (χ2n) is 12.2. The van der Waals surface area contributed by atoms with Crippen LogP contribution in [0.1, 0.15) is 66.3 Å². The Bertz CT molecular complexity index is 1670. The van der Waals surface area contributed by atoms with Crippen molar-refractivity contribution >= 4 is 28.0 Å². The third kappa shape index (κ3) is 6.59. The lowest BCUT2D eigenvalue weighted by Gasteiger charge is -2.41. The summed E-state index contributed by atoms with van der Waals surface area (Å²) in [5.41, 5.74) is 0.601. The first-order valence-corrected chi connectivity index (χ1v) is 15.8. The van der Waals surface area contributed by atoms with E-state index in [-0.39, 0.29) is 45.7 Å². The lowest BCUT2D eigenvalue weighted by Crippen LogP contribution is -2.44. The molecule has 2 fully saturated rings. The number of pyridine rings is 1. The van der Waals surface area contributed by atoms with E-state index < -0.39 is 27.9 Å². The SMILES string of the molecule is CC1(C)C2CC[C@](C)(C2)C1OC(=O)Oc1ccc(C(=O)NS(=O)(=O)c2cccc(CCNC(=O)c3ccc(F)cc3)c2)cn1. The Balaban J connectivity index is 1.14. The van der Waals surface area contributed by atoms with E-state index in [0.29, 0.717) is 23.5 Å². The van der Waals surface area contributed by atoms with Crippen molar-refractivity contribution in [3.63, 3.8) is 0 Å². The zero-order valence-electron chi connectivity index (χ0n) is 24.6. The summed E-state index contributed by atoms with van der Waals surface area (Å²) >= 11 is 0. The fourth-order valence-electron chi connectivity index (χ4n) is 6.46. The molecule has 5 rings (SSSR count). The maximum absolute atomic E-state index is 13.1. The molecule has 232 valence electrons. The van der Waals surface area contributed by atoms with Crippen LogP contribution in [0.3, 0.4) is 0 Å². The van der Waals surface area contributed by atoms with Crippen molar-refractivity contribution in [1.82, 2.24) is 15.0 Å². The van der Waals surface area contributed by atoms with Crippen LogP contribution in [0.15, 0.2) is 71.8 Å². The Labute approximate surface area is 255 Å². The van der Waals surface area contributed by atoms with Crippen LogP contribution in [0.25, 0.3) is 0 Å². The van der Waals surface area contributed by atoms with E-state index in [2.05, 4.69) is 31.1 Å². The fraction of sp³-hybridized carbons (Fsp3) is 0.375. The number of nitrogens with one attached hydrogen (secondary N) is 2. The van der Waals surface area contributed by atoms with Gasteiger partial charge in [-0.3, -0.25) is 9.59 Å². The van der Waals surface area contributed by atoms with Gasteiger partial charge < -0.3 is 14.8 Å². The highest BCUT2D eigenvalue weighted by Gasteiger charge is 2.61. The summed E-state index contributed by atoms with van der Waals surface area (Å²) in [6.07, 6.45) is 3.38. The number of amides is 2. The number of carbonyl (C=O) groups excluding carboxylic acids is 3. The molecule has 10 nitrogen and oxygen atoms in total. The molecule has 0 aliphatic heterocycles. The van der Waals surface area contributed by atoms with Gasteiger partial charge in [0.15, 0.2) is 0 Å². The van der Waals surface area contributed by atoms with Crippen molar-refractivity contribution in [2.45, 2.75) is 57.5 Å². The third-order valence-corrected chi connectivity index (χ3v) is 10.1. The van der Waals surface area contributed by atoms with Gasteiger partial charge in [0.05, 0.1) is 10.5 Å². The molecule has 2 aliphatic rings. The molecular formula is C32H34FN3O7S. The summed E-state index contributed by atoms with van der Waals surface area (Å²) in [7, 11) is -4.24. The minimum absolute atomic E-state index is 0.0595. The van der Waals surface area contributed by atoms with E-state index in [1.54, 1.807) is 6.07 Å². The monoisotopic (exact) mass is 623 g/mol. The summed E-state index contributed by atoms with van der Waals surface area (Å²) in [4.78, 5) is 41.4. The normalized spacial score (nSPS) is 21.8. The summed E-state index contributed by atoms with van der Waals surface area (Å²) in [5, 5.41) is 2.70. The molecule has 12 heteroatoms. The molecule has 2 aromatic carbocycles. The predicted molar refractivity (Wildman–Crippen MR) is 158 cm³/mol. The van der Waals surface area contributed by atoms with Gasteiger partial charge in [0.25, 0.3) is 21.8 Å². The largest absolute Gasteiger partial charge is 0.515 e. The van der Waals surface area contributed by atoms with Crippen molar-refractivity contribution < 1.29 is 36.7 Å². The first-order valence-electron chi connectivity index (χ1n) is 14.3. The lowest BCUT2D eigenvalue weighted by molar-refractivity contribution is -0.0608. The molecule has 2 unspecified atom stereocenters. The number of aromatic nitrogens is 1. The average Bonchev–Trinajstić information content (AvgIpc) is 3.47. The Morgan fingerprint density at radius 3 is 2.39 bits per heavy atom. The van der Waals surface area contributed by atoms with Gasteiger partial charge in [-0.2, -0.15) is 0 Å². The Hall–Kier alpha value is -4.32. The summed E-state index contributed by atoms with van der Waals surface area (Å²) in [6.45, 7) is 6.55. The molecule has 0 saturated heterocycles. The smallest absolute Gasteiger partial charge is 0.429 e. The second kappa shape index (κ2) is 12.0. The van der Waals surface area contributed by atoms with Crippen molar-refractivity contribution in [2.75, 3.05) is 6.54 Å². The number of ether oxygens (including phenoxy) is 2. The molecule has 0 radical (unpaired) electrons. The van der Waals surface area contributed by atoms with E-state index >= 15 is 0 Å². The number of nitrogens with zero attached hydrogens (tertiary/aromatic N) is 1. The number of carbonyl (C=O) groups is 3. The van der Waals surface area contributed by atoms with Crippen molar-refractivity contribution in [3.8, 4) is 5.88 Å². The molecule has 1 aromatic heterocycles. The summed E-state index contributed by atoms with van der Waals surface area (Å²) in [6, 6.07) is 13.7. The molecule has 2 bridgehead atoms. The topological polar surface area (TPSA) is 141 Å². The summed E-state index contributed by atoms with van der Waals surface area (Å²) < 4.78 is 51.9. The van der Waals surface area contributed by atoms with Gasteiger partial charge in [-0.05, 0) is 79.6 Å². The maximum atomic E-state index is 13.1. The van der Waals surface area contributed by atoms with Crippen LogP contribution in [-0.4, -0.2) is 44.0 Å². The van der Waals surface area contributed by atoms with Gasteiger partial charge in [0, 0.05) is 35.2 Å². The van der Waals surface area contributed by atoms with Crippen molar-refractivity contribution in [1.29, 1.82) is 0 Å². The van der Waals surface area contributed by atoms with E-state index in [1.807, 2.05) is 4.72 Å². The first kappa shape index (κ1) is 31.1. The number of rotatable bonds is 9. The first-order chi connectivity index (χ1) is 20.8. The van der Waals surface area contributed by atoms with Gasteiger partial charge in [-0.1, -0.05) is 32.9 Å². The number of hydrogen-bond donors (Lipinski definition) is 2. The van der Waals surface area contributed by atoms with Crippen molar-refractivity contribution in [2.24, 2.45) is 16.7 Å². The highest BCUT2D eigenvalue weighted by Crippen LogP contribution is 2.63. The van der Waals surface area contributed by atoms with Gasteiger partial charge in [0.2, 0.25) is 5.88 Å². The molecular weight excluding hydrogens is 589 g/mol. The molecule has 2 N–H and O–H groups in total. The molecule has 0 spiro atoms. The average molecular weight is 624 g/mol. The number of sulfonamides is 1. The van der Waals surface area contributed by atoms with Gasteiger partial charge in [-0.25, -0.2) is 27.3 Å². The van der Waals surface area contributed by atoms with E-state index in [0.717, 1.165) is 25.5 Å². The fourth-order valence-corrected chi connectivity index (χ4v) is 7.51. The maximum Gasteiger partial charge on any atom is 0.515 e. The van der Waals surface area contributed by atoms with Crippen LogP contribution in [0, 0.1) is 22.6 Å². The van der Waals surface area contributed by atoms with Crippen LogP contribution < -0.4 is 14.8 Å². The van der Waals surface area contributed by atoms with E-state index in [4.69, 9.17) is 9.47 Å². The molecule has 2 aliphatic carbocycles. The number of halogens is 1. The Morgan fingerprint density at radius 1 is 1.00 bits per heavy atom. The standard InChI is InChI=1S/C32H34FN3O7S/c1-31(2)23-13-15-32(3,18-23)29(31)43-30(39)42-26-12-9-22(19-35-26)28(38)36-44(40,41)25-6-4-5-20(17-25)14-16-34-27(37)21-7-10-24(33)11-8-21/h4-12,17,19,23,29H,13-16,18H2,1-3H3,(H,34,37)(H,36,38)/t23?,29?,32-/m1/s1. The highest BCUT2D eigenvalue weighted by molar-refractivity contribution is 7.90. The quantitative estimate of drug-likeness (QED) is 0.316. The van der Waals surface area contributed by atoms with E-state index in [1.165, 1.54) is 54.6 Å². The molecule has 2 amide bonds. The van der Waals surface area contributed by atoms with Crippen LogP contribution in [0.2, 0.25) is 0 Å². The van der Waals surface area contributed by atoms with Crippen LogP contribution in [-0.2, 0) is 21.2 Å². The lowest BCUT2D eigenvalue weighted by atomic mass is 9.70. The van der Waals surface area contributed by atoms with Crippen molar-refractivity contribution in [3.05, 3.63) is 89.4 Å².